The number of benzene rings is 3. The van der Waals surface area contributed by atoms with Gasteiger partial charge in [0.15, 0.2) is 11.5 Å². The number of rotatable bonds is 5. The number of aliphatic hydroxyl groups is 1. The van der Waals surface area contributed by atoms with Crippen LogP contribution in [0.5, 0.6) is 11.5 Å². The first-order valence-corrected chi connectivity index (χ1v) is 12.1. The molecule has 0 aliphatic carbocycles. The van der Waals surface area contributed by atoms with E-state index in [1.54, 1.807) is 55.5 Å². The normalized spacial score (nSPS) is 17.2. The molecule has 6 nitrogen and oxygen atoms in total. The van der Waals surface area contributed by atoms with Crippen molar-refractivity contribution >= 4 is 50.7 Å². The van der Waals surface area contributed by atoms with Crippen molar-refractivity contribution in [2.75, 3.05) is 11.5 Å². The molecule has 0 bridgehead atoms. The number of ketones is 1. The zero-order chi connectivity index (χ0) is 25.4. The molecular formula is C27H23BrClNO5. The second-order valence-corrected chi connectivity index (χ2v) is 9.51. The van der Waals surface area contributed by atoms with E-state index in [9.17, 15) is 19.8 Å². The molecule has 1 fully saturated rings. The van der Waals surface area contributed by atoms with Crippen molar-refractivity contribution in [3.63, 3.8) is 0 Å². The number of phenolic OH excluding ortho intramolecular Hbond substituents is 1. The van der Waals surface area contributed by atoms with Crippen LogP contribution in [-0.2, 0) is 9.59 Å². The lowest BCUT2D eigenvalue weighted by Gasteiger charge is -2.27. The summed E-state index contributed by atoms with van der Waals surface area (Å²) in [6.45, 7) is 5.76. The Morgan fingerprint density at radius 2 is 1.80 bits per heavy atom. The summed E-state index contributed by atoms with van der Waals surface area (Å²) >= 11 is 9.68. The minimum absolute atomic E-state index is 0.0655. The molecule has 1 amide bonds. The number of aromatic hydroxyl groups is 1. The molecule has 3 aromatic carbocycles. The fourth-order valence-corrected chi connectivity index (χ4v) is 4.57. The van der Waals surface area contributed by atoms with E-state index in [0.717, 1.165) is 15.6 Å². The van der Waals surface area contributed by atoms with Crippen molar-refractivity contribution < 1.29 is 24.5 Å². The van der Waals surface area contributed by atoms with E-state index in [0.29, 0.717) is 28.4 Å². The molecule has 1 unspecified atom stereocenters. The van der Waals surface area contributed by atoms with Crippen molar-refractivity contribution in [2.24, 2.45) is 0 Å². The van der Waals surface area contributed by atoms with Gasteiger partial charge in [-0.1, -0.05) is 45.7 Å². The van der Waals surface area contributed by atoms with Gasteiger partial charge < -0.3 is 14.9 Å². The monoisotopic (exact) mass is 555 g/mol. The number of hydrogen-bond acceptors (Lipinski definition) is 5. The van der Waals surface area contributed by atoms with E-state index in [1.165, 1.54) is 11.0 Å². The molecule has 1 aliphatic rings. The van der Waals surface area contributed by atoms with E-state index in [1.807, 2.05) is 13.8 Å². The van der Waals surface area contributed by atoms with Crippen LogP contribution in [0.1, 0.15) is 35.2 Å². The smallest absolute Gasteiger partial charge is 0.300 e. The third-order valence-electron chi connectivity index (χ3n) is 5.91. The van der Waals surface area contributed by atoms with Gasteiger partial charge in [0.1, 0.15) is 5.76 Å². The fourth-order valence-electron chi connectivity index (χ4n) is 4.16. The minimum Gasteiger partial charge on any atom is -0.507 e. The summed E-state index contributed by atoms with van der Waals surface area (Å²) in [5.74, 6) is -1.77. The largest absolute Gasteiger partial charge is 0.507 e. The van der Waals surface area contributed by atoms with Crippen molar-refractivity contribution in [3.05, 3.63) is 91.9 Å². The third-order valence-corrected chi connectivity index (χ3v) is 7.03. The zero-order valence-corrected chi connectivity index (χ0v) is 21.6. The van der Waals surface area contributed by atoms with Crippen LogP contribution in [0.25, 0.3) is 5.76 Å². The molecule has 1 atom stereocenters. The number of halogens is 2. The Morgan fingerprint density at radius 1 is 1.06 bits per heavy atom. The summed E-state index contributed by atoms with van der Waals surface area (Å²) < 4.78 is 6.39. The SMILES string of the molecule is CCOc1cc(C2/C(=C(\O)c3ccc(Br)c(C)c3)C(=O)C(=O)N2c2cc(Cl)ccc2C)ccc1O. The Hall–Kier alpha value is -3.29. The van der Waals surface area contributed by atoms with E-state index in [2.05, 4.69) is 15.9 Å². The molecule has 1 aliphatic heterocycles. The molecule has 0 aromatic heterocycles. The molecule has 3 aromatic rings. The van der Waals surface area contributed by atoms with Crippen molar-refractivity contribution in [3.8, 4) is 11.5 Å². The summed E-state index contributed by atoms with van der Waals surface area (Å²) in [6.07, 6.45) is 0. The summed E-state index contributed by atoms with van der Waals surface area (Å²) in [5, 5.41) is 22.0. The van der Waals surface area contributed by atoms with Gasteiger partial charge in [-0.15, -0.1) is 0 Å². The average molecular weight is 557 g/mol. The standard InChI is InChI=1S/C27H23BrClNO5/c1-4-35-22-12-16(7-10-21(22)31)24-23(25(32)17-6-9-19(28)15(3)11-17)26(33)27(34)30(24)20-13-18(29)8-5-14(20)2/h5-13,24,31-32H,4H2,1-3H3/b25-23+. The number of carbonyl (C=O) groups excluding carboxylic acids is 2. The van der Waals surface area contributed by atoms with Gasteiger partial charge in [0, 0.05) is 20.7 Å². The highest BCUT2D eigenvalue weighted by atomic mass is 79.9. The molecule has 0 saturated carbocycles. The van der Waals surface area contributed by atoms with Crippen LogP contribution in [-0.4, -0.2) is 28.5 Å². The van der Waals surface area contributed by atoms with Gasteiger partial charge in [-0.2, -0.15) is 0 Å². The summed E-state index contributed by atoms with van der Waals surface area (Å²) in [6, 6.07) is 13.9. The maximum Gasteiger partial charge on any atom is 0.300 e. The molecule has 4 rings (SSSR count). The van der Waals surface area contributed by atoms with Crippen molar-refractivity contribution in [1.29, 1.82) is 0 Å². The number of ether oxygens (including phenoxy) is 1. The molecule has 8 heteroatoms. The van der Waals surface area contributed by atoms with Crippen molar-refractivity contribution in [1.82, 2.24) is 0 Å². The maximum absolute atomic E-state index is 13.4. The predicted octanol–water partition coefficient (Wildman–Crippen LogP) is 6.45. The number of aliphatic hydroxyl groups excluding tert-OH is 1. The molecule has 35 heavy (non-hydrogen) atoms. The Labute approximate surface area is 216 Å². The topological polar surface area (TPSA) is 87.1 Å². The van der Waals surface area contributed by atoms with E-state index < -0.39 is 17.7 Å². The van der Waals surface area contributed by atoms with Crippen molar-refractivity contribution in [2.45, 2.75) is 26.8 Å². The first-order valence-electron chi connectivity index (χ1n) is 10.9. The molecular weight excluding hydrogens is 534 g/mol. The molecule has 1 saturated heterocycles. The van der Waals surface area contributed by atoms with Gasteiger partial charge in [-0.05, 0) is 73.9 Å². The number of phenols is 1. The van der Waals surface area contributed by atoms with Gasteiger partial charge in [-0.3, -0.25) is 14.5 Å². The van der Waals surface area contributed by atoms with Crippen LogP contribution in [0, 0.1) is 13.8 Å². The number of nitrogens with zero attached hydrogens (tertiary/aromatic N) is 1. The summed E-state index contributed by atoms with van der Waals surface area (Å²) in [4.78, 5) is 28.1. The molecule has 180 valence electrons. The Bertz CT molecular complexity index is 1380. The van der Waals surface area contributed by atoms with E-state index >= 15 is 0 Å². The van der Waals surface area contributed by atoms with Crippen LogP contribution >= 0.6 is 27.5 Å². The highest BCUT2D eigenvalue weighted by molar-refractivity contribution is 9.10. The van der Waals surface area contributed by atoms with Gasteiger partial charge in [0.05, 0.1) is 18.2 Å². The van der Waals surface area contributed by atoms with Gasteiger partial charge in [-0.25, -0.2) is 0 Å². The second-order valence-electron chi connectivity index (χ2n) is 8.22. The first-order chi connectivity index (χ1) is 16.6. The predicted molar refractivity (Wildman–Crippen MR) is 139 cm³/mol. The number of hydrogen-bond donors (Lipinski definition) is 2. The van der Waals surface area contributed by atoms with E-state index in [-0.39, 0.29) is 22.8 Å². The average Bonchev–Trinajstić information content (AvgIpc) is 3.09. The molecule has 0 spiro atoms. The maximum atomic E-state index is 13.4. The number of aryl methyl sites for hydroxylation is 2. The Balaban J connectivity index is 2.00. The second kappa shape index (κ2) is 9.76. The summed E-state index contributed by atoms with van der Waals surface area (Å²) in [5.41, 5.74) is 2.85. The lowest BCUT2D eigenvalue weighted by Crippen LogP contribution is -2.30. The molecule has 0 radical (unpaired) electrons. The van der Waals surface area contributed by atoms with Gasteiger partial charge in [0.25, 0.3) is 11.7 Å². The number of Topliss-reactive ketones (excluding diaryl/α,β-unsaturated/α-hetero) is 1. The number of anilines is 1. The third kappa shape index (κ3) is 4.54. The first kappa shape index (κ1) is 24.8. The van der Waals surface area contributed by atoms with Gasteiger partial charge in [0.2, 0.25) is 0 Å². The van der Waals surface area contributed by atoms with Crippen LogP contribution < -0.4 is 9.64 Å². The molecule has 1 heterocycles. The zero-order valence-electron chi connectivity index (χ0n) is 19.3. The number of carbonyl (C=O) groups is 2. The van der Waals surface area contributed by atoms with Gasteiger partial charge >= 0.3 is 0 Å². The van der Waals surface area contributed by atoms with Crippen LogP contribution in [0.15, 0.2) is 64.6 Å². The quantitative estimate of drug-likeness (QED) is 0.214. The van der Waals surface area contributed by atoms with E-state index in [4.69, 9.17) is 16.3 Å². The summed E-state index contributed by atoms with van der Waals surface area (Å²) in [7, 11) is 0. The minimum atomic E-state index is -0.976. The Morgan fingerprint density at radius 3 is 2.49 bits per heavy atom. The van der Waals surface area contributed by atoms with Crippen LogP contribution in [0.4, 0.5) is 5.69 Å². The molecule has 2 N–H and O–H groups in total. The highest BCUT2D eigenvalue weighted by Crippen LogP contribution is 2.45. The van der Waals surface area contributed by atoms with Crippen LogP contribution in [0.2, 0.25) is 5.02 Å². The fraction of sp³-hybridized carbons (Fsp3) is 0.185. The lowest BCUT2D eigenvalue weighted by atomic mass is 9.94. The Kier molecular flexibility index (Phi) is 6.92. The van der Waals surface area contributed by atoms with Crippen LogP contribution in [0.3, 0.4) is 0 Å². The lowest BCUT2D eigenvalue weighted by molar-refractivity contribution is -0.132. The number of amides is 1. The highest BCUT2D eigenvalue weighted by Gasteiger charge is 2.47.